The zero-order valence-electron chi connectivity index (χ0n) is 12.6. The number of amides is 1. The van der Waals surface area contributed by atoms with E-state index in [-0.39, 0.29) is 11.3 Å². The molecule has 1 amide bonds. The molecule has 0 aromatic heterocycles. The minimum absolute atomic E-state index is 0.135. The summed E-state index contributed by atoms with van der Waals surface area (Å²) in [5, 5.41) is 3.07. The normalized spacial score (nSPS) is 14.2. The van der Waals surface area contributed by atoms with E-state index in [4.69, 9.17) is 0 Å². The molecule has 0 rings (SSSR count). The Bertz CT molecular complexity index is 227. The molecular weight excluding hydrogens is 212 g/mol. The molecule has 1 atom stereocenters. The second-order valence-corrected chi connectivity index (χ2v) is 6.07. The lowest BCUT2D eigenvalue weighted by atomic mass is 9.92. The van der Waals surface area contributed by atoms with Gasteiger partial charge in [0.05, 0.1) is 0 Å². The number of likely N-dealkylation sites (N-methyl/N-ethyl adjacent to an activating group) is 1. The summed E-state index contributed by atoms with van der Waals surface area (Å²) in [7, 11) is 4.18. The molecule has 0 aliphatic heterocycles. The molecule has 102 valence electrons. The van der Waals surface area contributed by atoms with Crippen LogP contribution in [0.2, 0.25) is 0 Å². The Morgan fingerprint density at radius 1 is 1.18 bits per heavy atom. The van der Waals surface area contributed by atoms with Crippen molar-refractivity contribution in [1.29, 1.82) is 0 Å². The quantitative estimate of drug-likeness (QED) is 0.776. The Kier molecular flexibility index (Phi) is 6.76. The fourth-order valence-electron chi connectivity index (χ4n) is 2.07. The number of nitrogens with one attached hydrogen (secondary N) is 1. The van der Waals surface area contributed by atoms with Crippen molar-refractivity contribution in [2.75, 3.05) is 20.6 Å². The van der Waals surface area contributed by atoms with Crippen molar-refractivity contribution in [1.82, 2.24) is 10.2 Å². The van der Waals surface area contributed by atoms with Crippen LogP contribution >= 0.6 is 0 Å². The van der Waals surface area contributed by atoms with E-state index >= 15 is 0 Å². The van der Waals surface area contributed by atoms with E-state index in [9.17, 15) is 4.79 Å². The Balaban J connectivity index is 4.43. The molecule has 0 heterocycles. The molecule has 0 aliphatic carbocycles. The molecule has 0 radical (unpaired) electrons. The summed E-state index contributed by atoms with van der Waals surface area (Å²) in [6, 6.07) is 0.427. The van der Waals surface area contributed by atoms with Gasteiger partial charge in [0, 0.05) is 18.0 Å². The monoisotopic (exact) mass is 242 g/mol. The van der Waals surface area contributed by atoms with Gasteiger partial charge in [0.2, 0.25) is 5.91 Å². The second kappa shape index (κ2) is 7.00. The fourth-order valence-corrected chi connectivity index (χ4v) is 2.07. The summed E-state index contributed by atoms with van der Waals surface area (Å²) in [6.45, 7) is 11.0. The highest BCUT2D eigenvalue weighted by atomic mass is 16.2. The second-order valence-electron chi connectivity index (χ2n) is 6.07. The van der Waals surface area contributed by atoms with Crippen molar-refractivity contribution in [3.8, 4) is 0 Å². The van der Waals surface area contributed by atoms with Gasteiger partial charge in [0.15, 0.2) is 0 Å². The number of carbonyl (C=O) groups excluding carboxylic acids is 1. The molecule has 1 unspecified atom stereocenters. The van der Waals surface area contributed by atoms with Crippen LogP contribution in [-0.2, 0) is 4.79 Å². The minimum Gasteiger partial charge on any atom is -0.354 e. The van der Waals surface area contributed by atoms with Gasteiger partial charge in [0.1, 0.15) is 0 Å². The standard InChI is InChI=1S/C14H30N2O/c1-8-11(9-2)12(16(6)7)10-15-13(17)14(3,4)5/h11-12H,8-10H2,1-7H3,(H,15,17). The van der Waals surface area contributed by atoms with E-state index in [2.05, 4.69) is 38.2 Å². The van der Waals surface area contributed by atoms with E-state index in [1.54, 1.807) is 0 Å². The molecule has 3 heteroatoms. The lowest BCUT2D eigenvalue weighted by Crippen LogP contribution is -2.47. The topological polar surface area (TPSA) is 32.3 Å². The van der Waals surface area contributed by atoms with Crippen LogP contribution in [0, 0.1) is 11.3 Å². The first-order valence-corrected chi connectivity index (χ1v) is 6.68. The third kappa shape index (κ3) is 5.53. The van der Waals surface area contributed by atoms with Crippen molar-refractivity contribution < 1.29 is 4.79 Å². The van der Waals surface area contributed by atoms with E-state index in [1.807, 2.05) is 20.8 Å². The van der Waals surface area contributed by atoms with Crippen LogP contribution in [0.5, 0.6) is 0 Å². The summed E-state index contributed by atoms with van der Waals surface area (Å²) >= 11 is 0. The molecule has 0 saturated heterocycles. The highest BCUT2D eigenvalue weighted by molar-refractivity contribution is 5.81. The number of rotatable bonds is 6. The van der Waals surface area contributed by atoms with Crippen molar-refractivity contribution >= 4 is 5.91 Å². The average molecular weight is 242 g/mol. The molecule has 0 spiro atoms. The first kappa shape index (κ1) is 16.4. The van der Waals surface area contributed by atoms with E-state index in [0.29, 0.717) is 12.0 Å². The molecule has 1 N–H and O–H groups in total. The van der Waals surface area contributed by atoms with Gasteiger partial charge in [-0.2, -0.15) is 0 Å². The van der Waals surface area contributed by atoms with Gasteiger partial charge in [-0.05, 0) is 20.0 Å². The van der Waals surface area contributed by atoms with Gasteiger partial charge < -0.3 is 10.2 Å². The molecule has 0 bridgehead atoms. The van der Waals surface area contributed by atoms with Gasteiger partial charge in [-0.1, -0.05) is 47.5 Å². The predicted molar refractivity (Wildman–Crippen MR) is 74.0 cm³/mol. The summed E-state index contributed by atoms with van der Waals surface area (Å²) in [5.74, 6) is 0.778. The maximum Gasteiger partial charge on any atom is 0.225 e. The molecule has 0 aromatic carbocycles. The first-order valence-electron chi connectivity index (χ1n) is 6.68. The van der Waals surface area contributed by atoms with Crippen molar-refractivity contribution in [2.45, 2.75) is 53.5 Å². The molecule has 0 aliphatic rings. The zero-order valence-corrected chi connectivity index (χ0v) is 12.6. The lowest BCUT2D eigenvalue weighted by molar-refractivity contribution is -0.128. The van der Waals surface area contributed by atoms with Crippen molar-refractivity contribution in [3.05, 3.63) is 0 Å². The Morgan fingerprint density at radius 3 is 1.94 bits per heavy atom. The first-order chi connectivity index (χ1) is 7.73. The molecule has 17 heavy (non-hydrogen) atoms. The number of nitrogens with zero attached hydrogens (tertiary/aromatic N) is 1. The Labute approximate surface area is 107 Å². The molecular formula is C14H30N2O. The summed E-state index contributed by atoms with van der Waals surface area (Å²) < 4.78 is 0. The van der Waals surface area contributed by atoms with Gasteiger partial charge in [-0.15, -0.1) is 0 Å². The van der Waals surface area contributed by atoms with E-state index in [1.165, 1.54) is 0 Å². The Hall–Kier alpha value is -0.570. The van der Waals surface area contributed by atoms with Gasteiger partial charge in [-0.25, -0.2) is 0 Å². The van der Waals surface area contributed by atoms with Gasteiger partial charge >= 0.3 is 0 Å². The zero-order chi connectivity index (χ0) is 13.6. The third-order valence-electron chi connectivity index (χ3n) is 3.41. The summed E-state index contributed by atoms with van der Waals surface area (Å²) in [6.07, 6.45) is 2.31. The van der Waals surface area contributed by atoms with Crippen LogP contribution in [0.1, 0.15) is 47.5 Å². The Morgan fingerprint density at radius 2 is 1.65 bits per heavy atom. The van der Waals surface area contributed by atoms with E-state index < -0.39 is 0 Å². The predicted octanol–water partition coefficient (Wildman–Crippen LogP) is 2.52. The molecule has 0 aromatic rings. The van der Waals surface area contributed by atoms with Crippen LogP contribution in [0.3, 0.4) is 0 Å². The fraction of sp³-hybridized carbons (Fsp3) is 0.929. The van der Waals surface area contributed by atoms with Crippen LogP contribution in [0.4, 0.5) is 0 Å². The maximum atomic E-state index is 11.9. The van der Waals surface area contributed by atoms with Crippen LogP contribution in [0.15, 0.2) is 0 Å². The number of hydrogen-bond donors (Lipinski definition) is 1. The number of carbonyl (C=O) groups is 1. The highest BCUT2D eigenvalue weighted by Crippen LogP contribution is 2.17. The van der Waals surface area contributed by atoms with E-state index in [0.717, 1.165) is 19.4 Å². The summed E-state index contributed by atoms with van der Waals surface area (Å²) in [5.41, 5.74) is -0.301. The summed E-state index contributed by atoms with van der Waals surface area (Å²) in [4.78, 5) is 14.1. The van der Waals surface area contributed by atoms with Gasteiger partial charge in [-0.3, -0.25) is 4.79 Å². The largest absolute Gasteiger partial charge is 0.354 e. The van der Waals surface area contributed by atoms with Crippen LogP contribution in [0.25, 0.3) is 0 Å². The third-order valence-corrected chi connectivity index (χ3v) is 3.41. The van der Waals surface area contributed by atoms with Crippen molar-refractivity contribution in [3.63, 3.8) is 0 Å². The maximum absolute atomic E-state index is 11.9. The number of hydrogen-bond acceptors (Lipinski definition) is 2. The SMILES string of the molecule is CCC(CC)C(CNC(=O)C(C)(C)C)N(C)C. The smallest absolute Gasteiger partial charge is 0.225 e. The highest BCUT2D eigenvalue weighted by Gasteiger charge is 2.25. The molecule has 3 nitrogen and oxygen atoms in total. The van der Waals surface area contributed by atoms with Crippen LogP contribution in [-0.4, -0.2) is 37.5 Å². The van der Waals surface area contributed by atoms with Crippen molar-refractivity contribution in [2.24, 2.45) is 11.3 Å². The molecule has 0 fully saturated rings. The van der Waals surface area contributed by atoms with Gasteiger partial charge in [0.25, 0.3) is 0 Å². The lowest BCUT2D eigenvalue weighted by Gasteiger charge is -2.32. The van der Waals surface area contributed by atoms with Crippen LogP contribution < -0.4 is 5.32 Å². The molecule has 0 saturated carbocycles. The average Bonchev–Trinajstić information content (AvgIpc) is 2.21. The minimum atomic E-state index is -0.301.